The van der Waals surface area contributed by atoms with Crippen molar-refractivity contribution in [2.24, 2.45) is 11.7 Å². The summed E-state index contributed by atoms with van der Waals surface area (Å²) >= 11 is 6.06. The molecule has 3 nitrogen and oxygen atoms in total. The fourth-order valence-corrected chi connectivity index (χ4v) is 3.84. The molecule has 1 aromatic carbocycles. The Morgan fingerprint density at radius 1 is 1.29 bits per heavy atom. The first-order valence-corrected chi connectivity index (χ1v) is 8.26. The summed E-state index contributed by atoms with van der Waals surface area (Å²) in [5.41, 5.74) is 7.74. The minimum absolute atomic E-state index is 0.0210. The quantitative estimate of drug-likeness (QED) is 0.932. The molecule has 2 aliphatic heterocycles. The first kappa shape index (κ1) is 15.3. The molecule has 0 bridgehead atoms. The van der Waals surface area contributed by atoms with E-state index in [0.717, 1.165) is 56.9 Å². The maximum Gasteiger partial charge on any atom is 0.0729 e. The predicted molar refractivity (Wildman–Crippen MR) is 84.6 cm³/mol. The first-order chi connectivity index (χ1) is 10.2. The third-order valence-corrected chi connectivity index (χ3v) is 5.14. The summed E-state index contributed by atoms with van der Waals surface area (Å²) in [6.45, 7) is 2.46. The predicted octanol–water partition coefficient (Wildman–Crippen LogP) is 3.19. The Labute approximate surface area is 131 Å². The molecule has 3 rings (SSSR count). The van der Waals surface area contributed by atoms with Crippen molar-refractivity contribution in [2.45, 2.75) is 43.7 Å². The number of benzene rings is 1. The van der Waals surface area contributed by atoms with Crippen LogP contribution in [0, 0.1) is 5.92 Å². The molecule has 2 saturated heterocycles. The van der Waals surface area contributed by atoms with Gasteiger partial charge in [0.05, 0.1) is 5.60 Å². The lowest BCUT2D eigenvalue weighted by molar-refractivity contribution is -0.149. The smallest absolute Gasteiger partial charge is 0.0729 e. The van der Waals surface area contributed by atoms with E-state index in [0.29, 0.717) is 5.92 Å². The van der Waals surface area contributed by atoms with Gasteiger partial charge in [-0.3, -0.25) is 0 Å². The summed E-state index contributed by atoms with van der Waals surface area (Å²) in [5, 5.41) is 0.785. The molecule has 1 spiro atoms. The maximum absolute atomic E-state index is 6.49. The van der Waals surface area contributed by atoms with E-state index in [-0.39, 0.29) is 11.6 Å². The number of halogens is 1. The van der Waals surface area contributed by atoms with Gasteiger partial charge < -0.3 is 15.2 Å². The Morgan fingerprint density at radius 2 is 2.10 bits per heavy atom. The van der Waals surface area contributed by atoms with Gasteiger partial charge in [-0.2, -0.15) is 0 Å². The summed E-state index contributed by atoms with van der Waals surface area (Å²) in [4.78, 5) is 0. The van der Waals surface area contributed by atoms with Crippen molar-refractivity contribution in [2.75, 3.05) is 19.8 Å². The maximum atomic E-state index is 6.49. The van der Waals surface area contributed by atoms with Crippen LogP contribution < -0.4 is 5.73 Å². The molecule has 0 aliphatic carbocycles. The van der Waals surface area contributed by atoms with Crippen molar-refractivity contribution in [3.05, 3.63) is 34.9 Å². The molecule has 0 saturated carbocycles. The van der Waals surface area contributed by atoms with Crippen LogP contribution in [0.5, 0.6) is 0 Å². The highest BCUT2D eigenvalue weighted by atomic mass is 35.5. The molecule has 2 unspecified atom stereocenters. The van der Waals surface area contributed by atoms with E-state index in [1.807, 2.05) is 18.2 Å². The van der Waals surface area contributed by atoms with Crippen LogP contribution in [-0.2, 0) is 15.9 Å². The molecule has 0 amide bonds. The van der Waals surface area contributed by atoms with E-state index < -0.39 is 0 Å². The molecule has 2 atom stereocenters. The van der Waals surface area contributed by atoms with Gasteiger partial charge in [-0.25, -0.2) is 0 Å². The zero-order valence-electron chi connectivity index (χ0n) is 12.4. The van der Waals surface area contributed by atoms with Gasteiger partial charge in [-0.1, -0.05) is 23.7 Å². The van der Waals surface area contributed by atoms with Crippen molar-refractivity contribution < 1.29 is 9.47 Å². The summed E-state index contributed by atoms with van der Waals surface area (Å²) in [5.74, 6) is 0.524. The minimum atomic E-state index is 0.0210. The second-order valence-electron chi connectivity index (χ2n) is 6.39. The molecule has 2 heterocycles. The third kappa shape index (κ3) is 3.78. The Bertz CT molecular complexity index is 468. The van der Waals surface area contributed by atoms with Gasteiger partial charge in [-0.15, -0.1) is 0 Å². The van der Waals surface area contributed by atoms with Gasteiger partial charge in [0.1, 0.15) is 0 Å². The fraction of sp³-hybridized carbons (Fsp3) is 0.647. The summed E-state index contributed by atoms with van der Waals surface area (Å²) in [6, 6.07) is 8.20. The minimum Gasteiger partial charge on any atom is -0.381 e. The third-order valence-electron chi connectivity index (χ3n) is 4.90. The molecular weight excluding hydrogens is 286 g/mol. The van der Waals surface area contributed by atoms with E-state index >= 15 is 0 Å². The lowest BCUT2D eigenvalue weighted by Gasteiger charge is -2.44. The monoisotopic (exact) mass is 309 g/mol. The normalized spacial score (nSPS) is 26.7. The lowest BCUT2D eigenvalue weighted by atomic mass is 9.77. The van der Waals surface area contributed by atoms with Crippen molar-refractivity contribution >= 4 is 11.6 Å². The van der Waals surface area contributed by atoms with Crippen molar-refractivity contribution in [1.82, 2.24) is 0 Å². The fourth-order valence-electron chi connectivity index (χ4n) is 3.63. The Morgan fingerprint density at radius 3 is 2.86 bits per heavy atom. The average Bonchev–Trinajstić information content (AvgIpc) is 2.48. The number of ether oxygens (including phenoxy) is 2. The average molecular weight is 310 g/mol. The standard InChI is InChI=1S/C17H24ClNO2/c18-15-3-1-2-13(10-15)11-16(19)14-4-7-21-17(12-14)5-8-20-9-6-17/h1-3,10,14,16H,4-9,11-12,19H2. The molecule has 0 aromatic heterocycles. The van der Waals surface area contributed by atoms with E-state index in [1.165, 1.54) is 5.56 Å². The van der Waals surface area contributed by atoms with Crippen LogP contribution in [-0.4, -0.2) is 31.5 Å². The molecule has 2 N–H and O–H groups in total. The zero-order valence-corrected chi connectivity index (χ0v) is 13.1. The SMILES string of the molecule is NC(Cc1cccc(Cl)c1)C1CCOC2(CCOCC2)C1. The summed E-state index contributed by atoms with van der Waals surface area (Å²) < 4.78 is 11.6. The second kappa shape index (κ2) is 6.66. The largest absolute Gasteiger partial charge is 0.381 e. The van der Waals surface area contributed by atoms with Gasteiger partial charge >= 0.3 is 0 Å². The number of hydrogen-bond acceptors (Lipinski definition) is 3. The number of hydrogen-bond donors (Lipinski definition) is 1. The highest BCUT2D eigenvalue weighted by Crippen LogP contribution is 2.38. The van der Waals surface area contributed by atoms with Crippen LogP contribution in [0.3, 0.4) is 0 Å². The molecule has 4 heteroatoms. The Kier molecular flexibility index (Phi) is 4.85. The van der Waals surface area contributed by atoms with E-state index in [1.54, 1.807) is 0 Å². The van der Waals surface area contributed by atoms with Gasteiger partial charge in [0.15, 0.2) is 0 Å². The zero-order chi connectivity index (χ0) is 14.7. The number of nitrogens with two attached hydrogens (primary N) is 1. The molecule has 116 valence electrons. The van der Waals surface area contributed by atoms with Crippen LogP contribution >= 0.6 is 11.6 Å². The van der Waals surface area contributed by atoms with Crippen LogP contribution in [0.4, 0.5) is 0 Å². The van der Waals surface area contributed by atoms with E-state index in [4.69, 9.17) is 26.8 Å². The van der Waals surface area contributed by atoms with Gasteiger partial charge in [0.25, 0.3) is 0 Å². The molecule has 2 fully saturated rings. The molecule has 21 heavy (non-hydrogen) atoms. The van der Waals surface area contributed by atoms with Crippen LogP contribution in [0.1, 0.15) is 31.2 Å². The Balaban J connectivity index is 1.62. The van der Waals surface area contributed by atoms with Crippen molar-refractivity contribution in [3.63, 3.8) is 0 Å². The van der Waals surface area contributed by atoms with Gasteiger partial charge in [0, 0.05) is 30.9 Å². The molecule has 2 aliphatic rings. The molecule has 1 aromatic rings. The summed E-state index contributed by atoms with van der Waals surface area (Å²) in [6.07, 6.45) is 5.03. The number of rotatable bonds is 3. The first-order valence-electron chi connectivity index (χ1n) is 7.89. The lowest BCUT2D eigenvalue weighted by Crippen LogP contribution is -2.48. The van der Waals surface area contributed by atoms with Gasteiger partial charge in [0.2, 0.25) is 0 Å². The van der Waals surface area contributed by atoms with Crippen LogP contribution in [0.2, 0.25) is 5.02 Å². The molecular formula is C17H24ClNO2. The van der Waals surface area contributed by atoms with Crippen molar-refractivity contribution in [1.29, 1.82) is 0 Å². The van der Waals surface area contributed by atoms with Crippen LogP contribution in [0.15, 0.2) is 24.3 Å². The van der Waals surface area contributed by atoms with E-state index in [9.17, 15) is 0 Å². The van der Waals surface area contributed by atoms with E-state index in [2.05, 4.69) is 6.07 Å². The second-order valence-corrected chi connectivity index (χ2v) is 6.83. The molecule has 0 radical (unpaired) electrons. The van der Waals surface area contributed by atoms with Gasteiger partial charge in [-0.05, 0) is 55.7 Å². The topological polar surface area (TPSA) is 44.5 Å². The summed E-state index contributed by atoms with van der Waals surface area (Å²) in [7, 11) is 0. The van der Waals surface area contributed by atoms with Crippen LogP contribution in [0.25, 0.3) is 0 Å². The highest BCUT2D eigenvalue weighted by molar-refractivity contribution is 6.30. The highest BCUT2D eigenvalue weighted by Gasteiger charge is 2.40. The van der Waals surface area contributed by atoms with Crippen molar-refractivity contribution in [3.8, 4) is 0 Å². The Hall–Kier alpha value is -0.610.